The number of carbonyl (C=O) groups excluding carboxylic acids is 1. The van der Waals surface area contributed by atoms with Gasteiger partial charge in [-0.05, 0) is 32.9 Å². The van der Waals surface area contributed by atoms with Crippen LogP contribution in [0.15, 0.2) is 16.9 Å². The molecule has 0 saturated carbocycles. The molecule has 1 N–H and O–H groups in total. The van der Waals surface area contributed by atoms with Crippen molar-refractivity contribution in [2.75, 3.05) is 32.0 Å². The highest BCUT2D eigenvalue weighted by Crippen LogP contribution is 2.29. The van der Waals surface area contributed by atoms with Gasteiger partial charge in [-0.1, -0.05) is 5.16 Å². The summed E-state index contributed by atoms with van der Waals surface area (Å²) in [7, 11) is 2.16. The fourth-order valence-corrected chi connectivity index (χ4v) is 3.22. The monoisotopic (exact) mass is 264 g/mol. The van der Waals surface area contributed by atoms with Gasteiger partial charge >= 0.3 is 0 Å². The first-order chi connectivity index (χ1) is 9.22. The second kappa shape index (κ2) is 5.30. The summed E-state index contributed by atoms with van der Waals surface area (Å²) >= 11 is 0. The largest absolute Gasteiger partial charge is 0.363 e. The quantitative estimate of drug-likeness (QED) is 0.874. The Labute approximate surface area is 112 Å². The average Bonchev–Trinajstić information content (AvgIpc) is 2.94. The third-order valence-corrected chi connectivity index (χ3v) is 4.17. The molecular formula is C13H20N4O2. The molecular weight excluding hydrogens is 244 g/mol. The van der Waals surface area contributed by atoms with Crippen LogP contribution >= 0.6 is 0 Å². The zero-order valence-corrected chi connectivity index (χ0v) is 11.2. The predicted octanol–water partition coefficient (Wildman–Crippen LogP) is 0.782. The Morgan fingerprint density at radius 3 is 3.11 bits per heavy atom. The van der Waals surface area contributed by atoms with Crippen molar-refractivity contribution in [2.24, 2.45) is 0 Å². The first-order valence-corrected chi connectivity index (χ1v) is 6.87. The first-order valence-electron chi connectivity index (χ1n) is 6.87. The van der Waals surface area contributed by atoms with Gasteiger partial charge in [-0.15, -0.1) is 0 Å². The van der Waals surface area contributed by atoms with Crippen molar-refractivity contribution in [3.63, 3.8) is 0 Å². The molecule has 0 aliphatic carbocycles. The summed E-state index contributed by atoms with van der Waals surface area (Å²) in [4.78, 5) is 16.8. The van der Waals surface area contributed by atoms with Crippen molar-refractivity contribution in [3.05, 3.63) is 12.3 Å². The first kappa shape index (κ1) is 12.6. The van der Waals surface area contributed by atoms with Gasteiger partial charge in [0, 0.05) is 24.7 Å². The molecule has 0 aromatic carbocycles. The van der Waals surface area contributed by atoms with Crippen LogP contribution in [0.1, 0.15) is 19.3 Å². The number of nitrogens with one attached hydrogen (secondary N) is 1. The Bertz CT molecular complexity index is 434. The number of nitrogens with zero attached hydrogens (tertiary/aromatic N) is 3. The van der Waals surface area contributed by atoms with Crippen molar-refractivity contribution >= 4 is 11.7 Å². The van der Waals surface area contributed by atoms with Crippen molar-refractivity contribution in [2.45, 2.75) is 31.3 Å². The van der Waals surface area contributed by atoms with Crippen LogP contribution in [0.5, 0.6) is 0 Å². The molecule has 2 saturated heterocycles. The van der Waals surface area contributed by atoms with Gasteiger partial charge in [0.2, 0.25) is 5.91 Å². The minimum Gasteiger partial charge on any atom is -0.363 e. The number of hydrogen-bond acceptors (Lipinski definition) is 5. The molecule has 1 amide bonds. The van der Waals surface area contributed by atoms with E-state index < -0.39 is 0 Å². The Morgan fingerprint density at radius 2 is 2.32 bits per heavy atom. The van der Waals surface area contributed by atoms with Gasteiger partial charge in [0.25, 0.3) is 0 Å². The number of carbonyl (C=O) groups is 1. The number of likely N-dealkylation sites (tertiary alicyclic amines) is 1. The fourth-order valence-electron chi connectivity index (χ4n) is 3.22. The highest BCUT2D eigenvalue weighted by Gasteiger charge is 2.37. The third kappa shape index (κ3) is 2.79. The molecule has 1 aromatic rings. The molecule has 6 heteroatoms. The maximum absolute atomic E-state index is 12.0. The second-order valence-corrected chi connectivity index (χ2v) is 5.54. The van der Waals surface area contributed by atoms with Crippen LogP contribution in [-0.2, 0) is 4.79 Å². The van der Waals surface area contributed by atoms with Crippen LogP contribution in [0, 0.1) is 0 Å². The van der Waals surface area contributed by atoms with Crippen molar-refractivity contribution < 1.29 is 9.32 Å². The van der Waals surface area contributed by atoms with Gasteiger partial charge in [-0.25, -0.2) is 0 Å². The van der Waals surface area contributed by atoms with E-state index in [2.05, 4.69) is 27.3 Å². The number of hydrogen-bond donors (Lipinski definition) is 1. The van der Waals surface area contributed by atoms with E-state index in [1.54, 1.807) is 6.07 Å². The van der Waals surface area contributed by atoms with E-state index in [1.807, 2.05) is 0 Å². The Kier molecular flexibility index (Phi) is 3.52. The van der Waals surface area contributed by atoms with E-state index in [0.717, 1.165) is 19.5 Å². The summed E-state index contributed by atoms with van der Waals surface area (Å²) in [5, 5.41) is 6.47. The minimum absolute atomic E-state index is 0.00430. The zero-order valence-electron chi connectivity index (χ0n) is 11.2. The molecule has 19 heavy (non-hydrogen) atoms. The molecule has 104 valence electrons. The van der Waals surface area contributed by atoms with Gasteiger partial charge < -0.3 is 14.7 Å². The van der Waals surface area contributed by atoms with E-state index in [-0.39, 0.29) is 5.91 Å². The van der Waals surface area contributed by atoms with Gasteiger partial charge in [-0.3, -0.25) is 9.69 Å². The van der Waals surface area contributed by atoms with Gasteiger partial charge in [-0.2, -0.15) is 0 Å². The maximum atomic E-state index is 12.0. The van der Waals surface area contributed by atoms with Crippen LogP contribution in [0.4, 0.5) is 5.82 Å². The third-order valence-electron chi connectivity index (χ3n) is 4.17. The van der Waals surface area contributed by atoms with Crippen LogP contribution in [0.3, 0.4) is 0 Å². The highest BCUT2D eigenvalue weighted by atomic mass is 16.5. The number of anilines is 1. The zero-order chi connectivity index (χ0) is 13.2. The molecule has 2 aliphatic rings. The van der Waals surface area contributed by atoms with Gasteiger partial charge in [0.05, 0.1) is 6.54 Å². The van der Waals surface area contributed by atoms with Crippen molar-refractivity contribution in [1.29, 1.82) is 0 Å². The number of rotatable bonds is 3. The lowest BCUT2D eigenvalue weighted by Crippen LogP contribution is -2.43. The fraction of sp³-hybridized carbons (Fsp3) is 0.692. The summed E-state index contributed by atoms with van der Waals surface area (Å²) in [6.07, 6.45) is 5.03. The molecule has 2 atom stereocenters. The highest BCUT2D eigenvalue weighted by molar-refractivity contribution is 5.91. The van der Waals surface area contributed by atoms with E-state index >= 15 is 0 Å². The molecule has 3 heterocycles. The lowest BCUT2D eigenvalue weighted by atomic mass is 10.1. The Balaban J connectivity index is 1.61. The Morgan fingerprint density at radius 1 is 1.47 bits per heavy atom. The lowest BCUT2D eigenvalue weighted by molar-refractivity contribution is -0.118. The van der Waals surface area contributed by atoms with E-state index in [4.69, 9.17) is 4.52 Å². The number of likely N-dealkylation sites (N-methyl/N-ethyl adjacent to an activating group) is 1. The van der Waals surface area contributed by atoms with E-state index in [9.17, 15) is 4.79 Å². The average molecular weight is 264 g/mol. The molecule has 1 aromatic heterocycles. The van der Waals surface area contributed by atoms with E-state index in [0.29, 0.717) is 24.4 Å². The smallest absolute Gasteiger partial charge is 0.239 e. The van der Waals surface area contributed by atoms with Crippen LogP contribution in [0.25, 0.3) is 0 Å². The van der Waals surface area contributed by atoms with Gasteiger partial charge in [0.1, 0.15) is 6.26 Å². The topological polar surface area (TPSA) is 61.6 Å². The molecule has 0 radical (unpaired) electrons. The summed E-state index contributed by atoms with van der Waals surface area (Å²) in [6, 6.07) is 2.72. The summed E-state index contributed by atoms with van der Waals surface area (Å²) in [5.41, 5.74) is 0. The van der Waals surface area contributed by atoms with Crippen LogP contribution in [0.2, 0.25) is 0 Å². The molecule has 2 bridgehead atoms. The second-order valence-electron chi connectivity index (χ2n) is 5.54. The molecule has 0 unspecified atom stereocenters. The predicted molar refractivity (Wildman–Crippen MR) is 70.8 cm³/mol. The summed E-state index contributed by atoms with van der Waals surface area (Å²) in [5.74, 6) is 0.486. The number of amides is 1. The SMILES string of the molecule is CN1CC[C@@H]2CC[C@H](C1)N2CC(=O)Nc1ccon1. The maximum Gasteiger partial charge on any atom is 0.239 e. The van der Waals surface area contributed by atoms with Crippen LogP contribution in [-0.4, -0.2) is 59.6 Å². The van der Waals surface area contributed by atoms with E-state index in [1.165, 1.54) is 19.1 Å². The molecule has 6 nitrogen and oxygen atoms in total. The standard InChI is InChI=1S/C13H20N4O2/c1-16-6-4-10-2-3-11(8-16)17(10)9-13(18)14-12-5-7-19-15-12/h5,7,10-11H,2-4,6,8-9H2,1H3,(H,14,15,18)/t10-,11+/m0/s1. The lowest BCUT2D eigenvalue weighted by Gasteiger charge is -2.27. The Hall–Kier alpha value is -1.40. The molecule has 2 aliphatic heterocycles. The normalized spacial score (nSPS) is 28.3. The van der Waals surface area contributed by atoms with Crippen molar-refractivity contribution in [3.8, 4) is 0 Å². The molecule has 0 spiro atoms. The minimum atomic E-state index is -0.00430. The molecule has 2 fully saturated rings. The van der Waals surface area contributed by atoms with Crippen LogP contribution < -0.4 is 5.32 Å². The summed E-state index contributed by atoms with van der Waals surface area (Å²) < 4.78 is 4.71. The summed E-state index contributed by atoms with van der Waals surface area (Å²) in [6.45, 7) is 2.65. The number of aromatic nitrogens is 1. The number of fused-ring (bicyclic) bond motifs is 2. The van der Waals surface area contributed by atoms with Crippen molar-refractivity contribution in [1.82, 2.24) is 15.0 Å². The molecule has 3 rings (SSSR count). The van der Waals surface area contributed by atoms with Gasteiger partial charge in [0.15, 0.2) is 5.82 Å².